The van der Waals surface area contributed by atoms with E-state index >= 15 is 0 Å². The first-order chi connectivity index (χ1) is 7.10. The van der Waals surface area contributed by atoms with E-state index in [1.54, 1.807) is 0 Å². The van der Waals surface area contributed by atoms with E-state index in [-0.39, 0.29) is 0 Å². The van der Waals surface area contributed by atoms with Crippen LogP contribution in [0.2, 0.25) is 0 Å². The van der Waals surface area contributed by atoms with Crippen LogP contribution in [-0.2, 0) is 0 Å². The van der Waals surface area contributed by atoms with Gasteiger partial charge < -0.3 is 0 Å². The molecule has 0 radical (unpaired) electrons. The van der Waals surface area contributed by atoms with Crippen LogP contribution >= 0.6 is 0 Å². The van der Waals surface area contributed by atoms with Gasteiger partial charge in [-0.2, -0.15) is 0 Å². The Morgan fingerprint density at radius 3 is 0.800 bits per heavy atom. The highest BCUT2D eigenvalue weighted by molar-refractivity contribution is 4.32. The number of hydrogen-bond acceptors (Lipinski definition) is 0. The fraction of sp³-hybridized carbons (Fsp3) is 1.00. The summed E-state index contributed by atoms with van der Waals surface area (Å²) in [7, 11) is 0. The third-order valence-electron chi connectivity index (χ3n) is 2.23. The summed E-state index contributed by atoms with van der Waals surface area (Å²) in [5, 5.41) is 0. The van der Waals surface area contributed by atoms with Crippen LogP contribution in [0.5, 0.6) is 0 Å². The summed E-state index contributed by atoms with van der Waals surface area (Å²) in [6, 6.07) is 0. The normalized spacial score (nSPS) is 8.80. The zero-order chi connectivity index (χ0) is 12.5. The van der Waals surface area contributed by atoms with E-state index in [1.165, 1.54) is 44.9 Å². The maximum atomic E-state index is 2.22. The summed E-state index contributed by atoms with van der Waals surface area (Å²) in [5.74, 6) is 0.884. The van der Waals surface area contributed by atoms with Crippen LogP contribution in [0.1, 0.15) is 93.4 Å². The van der Waals surface area contributed by atoms with Crippen LogP contribution in [0.15, 0.2) is 0 Å². The van der Waals surface area contributed by atoms with Gasteiger partial charge in [-0.1, -0.05) is 93.4 Å². The van der Waals surface area contributed by atoms with Crippen LogP contribution in [0.25, 0.3) is 0 Å². The number of rotatable bonds is 5. The fourth-order valence-electron chi connectivity index (χ4n) is 0.707. The first kappa shape index (κ1) is 20.4. The maximum Gasteiger partial charge on any atom is -0.0474 e. The van der Waals surface area contributed by atoms with Gasteiger partial charge in [0.1, 0.15) is 0 Å². The average Bonchev–Trinajstić information content (AvgIpc) is 2.22. The molecule has 0 aromatic heterocycles. The van der Waals surface area contributed by atoms with Gasteiger partial charge >= 0.3 is 0 Å². The predicted octanol–water partition coefficient (Wildman–Crippen LogP) is 6.45. The summed E-state index contributed by atoms with van der Waals surface area (Å²) in [5.41, 5.74) is 0. The van der Waals surface area contributed by atoms with E-state index in [4.69, 9.17) is 0 Å². The lowest BCUT2D eigenvalue weighted by Gasteiger charge is -1.90. The average molecular weight is 216 g/mol. The number of unbranched alkanes of at least 4 members (excludes halogenated alkanes) is 4. The molecule has 15 heavy (non-hydrogen) atoms. The van der Waals surface area contributed by atoms with Gasteiger partial charge in [-0.05, 0) is 5.92 Å². The first-order valence-electron chi connectivity index (χ1n) is 7.10. The minimum Gasteiger partial charge on any atom is -0.0654 e. The summed E-state index contributed by atoms with van der Waals surface area (Å²) < 4.78 is 0. The lowest BCUT2D eigenvalue weighted by atomic mass is 10.2. The molecule has 0 saturated heterocycles. The molecule has 0 nitrogen and oxygen atoms in total. The molecule has 0 bridgehead atoms. The second kappa shape index (κ2) is 23.7. The zero-order valence-corrected chi connectivity index (χ0v) is 12.5. The lowest BCUT2D eigenvalue weighted by Crippen LogP contribution is -1.77. The summed E-state index contributed by atoms with van der Waals surface area (Å²) in [6.07, 6.45) is 9.46. The topological polar surface area (TPSA) is 0 Å². The van der Waals surface area contributed by atoms with Gasteiger partial charge in [-0.15, -0.1) is 0 Å². The molecular weight excluding hydrogens is 180 g/mol. The molecule has 0 aromatic rings. The molecule has 0 atom stereocenters. The molecule has 0 aliphatic rings. The molecule has 0 N–H and O–H groups in total. The van der Waals surface area contributed by atoms with Crippen LogP contribution in [0, 0.1) is 5.92 Å². The fourth-order valence-corrected chi connectivity index (χ4v) is 0.707. The maximum absolute atomic E-state index is 2.22. The SMILES string of the molecule is CCC(C)C.CCCCC.CCCCC. The Morgan fingerprint density at radius 2 is 0.800 bits per heavy atom. The third kappa shape index (κ3) is 56.0. The van der Waals surface area contributed by atoms with Gasteiger partial charge in [0.05, 0.1) is 0 Å². The van der Waals surface area contributed by atoms with Gasteiger partial charge in [0.2, 0.25) is 0 Å². The highest BCUT2D eigenvalue weighted by Crippen LogP contribution is 1.93. The largest absolute Gasteiger partial charge is 0.0654 e. The van der Waals surface area contributed by atoms with Crippen LogP contribution < -0.4 is 0 Å². The molecule has 0 heteroatoms. The van der Waals surface area contributed by atoms with Gasteiger partial charge in [0.25, 0.3) is 0 Å². The standard InChI is InChI=1S/3C5H12/c1-4-5(2)3;2*1-3-5-4-2/h5H,4H2,1-3H3;2*3-5H2,1-2H3. The van der Waals surface area contributed by atoms with Gasteiger partial charge in [0.15, 0.2) is 0 Å². The Labute approximate surface area is 99.9 Å². The van der Waals surface area contributed by atoms with Crippen molar-refractivity contribution in [3.63, 3.8) is 0 Å². The molecule has 96 valence electrons. The van der Waals surface area contributed by atoms with E-state index in [1.807, 2.05) is 0 Å². The minimum atomic E-state index is 0.884. The molecule has 0 spiro atoms. The Bertz CT molecular complexity index is 54.4. The van der Waals surface area contributed by atoms with Crippen molar-refractivity contribution in [2.45, 2.75) is 93.4 Å². The molecule has 0 rings (SSSR count). The molecular formula is C15H36. The molecule has 0 aromatic carbocycles. The van der Waals surface area contributed by atoms with E-state index in [0.29, 0.717) is 0 Å². The first-order valence-corrected chi connectivity index (χ1v) is 7.10. The zero-order valence-electron chi connectivity index (χ0n) is 12.5. The highest BCUT2D eigenvalue weighted by Gasteiger charge is 1.80. The van der Waals surface area contributed by atoms with Crippen molar-refractivity contribution in [2.75, 3.05) is 0 Å². The van der Waals surface area contributed by atoms with Crippen molar-refractivity contribution in [1.82, 2.24) is 0 Å². The Morgan fingerprint density at radius 1 is 0.600 bits per heavy atom. The second-order valence-corrected chi connectivity index (χ2v) is 4.51. The second-order valence-electron chi connectivity index (χ2n) is 4.51. The summed E-state index contributed by atoms with van der Waals surface area (Å²) in [4.78, 5) is 0. The van der Waals surface area contributed by atoms with Crippen molar-refractivity contribution >= 4 is 0 Å². The predicted molar refractivity (Wildman–Crippen MR) is 75.5 cm³/mol. The van der Waals surface area contributed by atoms with Crippen LogP contribution in [0.3, 0.4) is 0 Å². The molecule has 0 unspecified atom stereocenters. The minimum absolute atomic E-state index is 0.884. The molecule has 0 saturated carbocycles. The van der Waals surface area contributed by atoms with E-state index in [0.717, 1.165) is 5.92 Å². The number of hydrogen-bond donors (Lipinski definition) is 0. The Balaban J connectivity index is -0.000000144. The molecule has 0 aliphatic heterocycles. The van der Waals surface area contributed by atoms with E-state index in [9.17, 15) is 0 Å². The molecule has 0 aliphatic carbocycles. The monoisotopic (exact) mass is 216 g/mol. The molecule has 0 fully saturated rings. The van der Waals surface area contributed by atoms with E-state index < -0.39 is 0 Å². The molecule has 0 heterocycles. The Hall–Kier alpha value is 0. The summed E-state index contributed by atoms with van der Waals surface area (Å²) >= 11 is 0. The quantitative estimate of drug-likeness (QED) is 0.495. The highest BCUT2D eigenvalue weighted by atomic mass is 13.9. The van der Waals surface area contributed by atoms with Crippen molar-refractivity contribution in [1.29, 1.82) is 0 Å². The van der Waals surface area contributed by atoms with E-state index in [2.05, 4.69) is 48.5 Å². The van der Waals surface area contributed by atoms with Gasteiger partial charge in [0, 0.05) is 0 Å². The van der Waals surface area contributed by atoms with Crippen LogP contribution in [0.4, 0.5) is 0 Å². The molecule has 0 amide bonds. The van der Waals surface area contributed by atoms with Crippen molar-refractivity contribution in [2.24, 2.45) is 5.92 Å². The van der Waals surface area contributed by atoms with Gasteiger partial charge in [-0.3, -0.25) is 0 Å². The van der Waals surface area contributed by atoms with Crippen molar-refractivity contribution in [3.05, 3.63) is 0 Å². The smallest absolute Gasteiger partial charge is 0.0474 e. The van der Waals surface area contributed by atoms with Crippen LogP contribution in [-0.4, -0.2) is 0 Å². The third-order valence-corrected chi connectivity index (χ3v) is 2.23. The van der Waals surface area contributed by atoms with Crippen molar-refractivity contribution in [3.8, 4) is 0 Å². The van der Waals surface area contributed by atoms with Gasteiger partial charge in [-0.25, -0.2) is 0 Å². The Kier molecular flexibility index (Phi) is 32.2. The summed E-state index contributed by atoms with van der Waals surface area (Å²) in [6.45, 7) is 15.5. The lowest BCUT2D eigenvalue weighted by molar-refractivity contribution is 0.626. The van der Waals surface area contributed by atoms with Crippen molar-refractivity contribution < 1.29 is 0 Å².